The highest BCUT2D eigenvalue weighted by molar-refractivity contribution is 5.88. The number of rotatable bonds is 2. The Morgan fingerprint density at radius 2 is 2.20 bits per heavy atom. The van der Waals surface area contributed by atoms with E-state index in [1.165, 1.54) is 7.11 Å². The molecule has 2 rings (SSSR count). The molecule has 15 heavy (non-hydrogen) atoms. The largest absolute Gasteiger partial charge is 0.464 e. The number of carbonyl (C=O) groups excluding carboxylic acids is 1. The Balaban J connectivity index is 2.48. The van der Waals surface area contributed by atoms with E-state index in [-0.39, 0.29) is 5.97 Å². The number of aromatic amines is 1. The van der Waals surface area contributed by atoms with E-state index in [1.807, 2.05) is 24.3 Å². The minimum Gasteiger partial charge on any atom is -0.464 e. The van der Waals surface area contributed by atoms with Crippen molar-refractivity contribution < 1.29 is 15.3 Å². The van der Waals surface area contributed by atoms with Gasteiger partial charge in [0.25, 0.3) is 0 Å². The molecule has 4 nitrogen and oxygen atoms in total. The third kappa shape index (κ3) is 1.59. The van der Waals surface area contributed by atoms with Gasteiger partial charge in [-0.05, 0) is 6.07 Å². The summed E-state index contributed by atoms with van der Waals surface area (Å²) in [6, 6.07) is 7.32. The van der Waals surface area contributed by atoms with Gasteiger partial charge in [0, 0.05) is 22.7 Å². The highest BCUT2D eigenvalue weighted by atomic mass is 16.5. The maximum absolute atomic E-state index is 11.4. The van der Waals surface area contributed by atoms with Crippen LogP contribution >= 0.6 is 0 Å². The fourth-order valence-electron chi connectivity index (χ4n) is 1.65. The molecule has 0 aliphatic heterocycles. The lowest BCUT2D eigenvalue weighted by atomic mass is 10.1. The van der Waals surface area contributed by atoms with Gasteiger partial charge < -0.3 is 15.5 Å². The van der Waals surface area contributed by atoms with Gasteiger partial charge in [0.05, 0.1) is 7.11 Å². The van der Waals surface area contributed by atoms with Crippen molar-refractivity contribution in [2.24, 2.45) is 0 Å². The lowest BCUT2D eigenvalue weighted by Crippen LogP contribution is -2.57. The molecule has 1 atom stereocenters. The third-order valence-corrected chi connectivity index (χ3v) is 2.48. The number of ether oxygens (including phenoxy) is 1. The summed E-state index contributed by atoms with van der Waals surface area (Å²) in [4.78, 5) is 14.5. The van der Waals surface area contributed by atoms with E-state index in [1.54, 1.807) is 6.20 Å². The van der Waals surface area contributed by atoms with E-state index in [2.05, 4.69) is 15.5 Å². The van der Waals surface area contributed by atoms with Crippen LogP contribution in [-0.2, 0) is 9.53 Å². The lowest BCUT2D eigenvalue weighted by molar-refractivity contribution is -0.413. The Morgan fingerprint density at radius 3 is 2.93 bits per heavy atom. The predicted octanol–water partition coefficient (Wildman–Crippen LogP) is 0.624. The SMILES string of the molecule is COC(=O)[C@@H]([NH3+])c1c[nH]c2ccccc12. The van der Waals surface area contributed by atoms with Crippen LogP contribution in [0.5, 0.6) is 0 Å². The number of hydrogen-bond acceptors (Lipinski definition) is 2. The van der Waals surface area contributed by atoms with E-state index in [4.69, 9.17) is 0 Å². The number of carbonyl (C=O) groups is 1. The molecule has 4 heteroatoms. The molecular formula is C11H13N2O2+. The van der Waals surface area contributed by atoms with E-state index >= 15 is 0 Å². The first kappa shape index (κ1) is 9.73. The second-order valence-electron chi connectivity index (χ2n) is 3.37. The number of benzene rings is 1. The number of esters is 1. The molecule has 0 saturated heterocycles. The van der Waals surface area contributed by atoms with E-state index in [0.29, 0.717) is 0 Å². The zero-order valence-corrected chi connectivity index (χ0v) is 8.49. The summed E-state index contributed by atoms with van der Waals surface area (Å²) in [5.74, 6) is -0.320. The summed E-state index contributed by atoms with van der Waals surface area (Å²) in [6.07, 6.45) is 1.80. The quantitative estimate of drug-likeness (QED) is 0.706. The first-order valence-corrected chi connectivity index (χ1v) is 4.71. The molecule has 78 valence electrons. The molecule has 0 spiro atoms. The molecule has 1 aromatic heterocycles. The van der Waals surface area contributed by atoms with Gasteiger partial charge in [0.2, 0.25) is 6.04 Å². The average molecular weight is 205 g/mol. The molecule has 0 bridgehead atoms. The number of nitrogens with one attached hydrogen (secondary N) is 1. The van der Waals surface area contributed by atoms with Gasteiger partial charge >= 0.3 is 5.97 Å². The van der Waals surface area contributed by atoms with Gasteiger partial charge in [0.15, 0.2) is 0 Å². The molecule has 0 aliphatic carbocycles. The van der Waals surface area contributed by atoms with Crippen molar-refractivity contribution >= 4 is 16.9 Å². The van der Waals surface area contributed by atoms with Crippen molar-refractivity contribution in [3.63, 3.8) is 0 Å². The second kappa shape index (κ2) is 3.74. The molecule has 1 heterocycles. The van der Waals surface area contributed by atoms with Crippen LogP contribution < -0.4 is 5.73 Å². The summed E-state index contributed by atoms with van der Waals surface area (Å²) in [7, 11) is 1.37. The van der Waals surface area contributed by atoms with E-state index < -0.39 is 6.04 Å². The second-order valence-corrected chi connectivity index (χ2v) is 3.37. The maximum atomic E-state index is 11.4. The summed E-state index contributed by atoms with van der Waals surface area (Å²) in [6.45, 7) is 0. The monoisotopic (exact) mass is 205 g/mol. The van der Waals surface area contributed by atoms with Gasteiger partial charge in [-0.1, -0.05) is 18.2 Å². The predicted molar refractivity (Wildman–Crippen MR) is 55.9 cm³/mol. The summed E-state index contributed by atoms with van der Waals surface area (Å²) < 4.78 is 4.67. The first-order chi connectivity index (χ1) is 7.24. The van der Waals surface area contributed by atoms with Gasteiger partial charge in [-0.3, -0.25) is 0 Å². The number of fused-ring (bicyclic) bond motifs is 1. The van der Waals surface area contributed by atoms with Crippen molar-refractivity contribution in [1.29, 1.82) is 0 Å². The van der Waals surface area contributed by atoms with Crippen molar-refractivity contribution in [3.05, 3.63) is 36.0 Å². The van der Waals surface area contributed by atoms with Crippen LogP contribution in [0.1, 0.15) is 11.6 Å². The lowest BCUT2D eigenvalue weighted by Gasteiger charge is -2.04. The van der Waals surface area contributed by atoms with Crippen LogP contribution in [-0.4, -0.2) is 18.1 Å². The van der Waals surface area contributed by atoms with Crippen LogP contribution in [0.25, 0.3) is 10.9 Å². The first-order valence-electron chi connectivity index (χ1n) is 4.71. The number of aromatic nitrogens is 1. The number of hydrogen-bond donors (Lipinski definition) is 2. The van der Waals surface area contributed by atoms with Crippen molar-refractivity contribution in [3.8, 4) is 0 Å². The molecule has 2 aromatic rings. The molecular weight excluding hydrogens is 192 g/mol. The Hall–Kier alpha value is -1.81. The number of methoxy groups -OCH3 is 1. The van der Waals surface area contributed by atoms with Gasteiger partial charge in [-0.25, -0.2) is 4.79 Å². The molecule has 0 fully saturated rings. The van der Waals surface area contributed by atoms with Gasteiger partial charge in [-0.15, -0.1) is 0 Å². The smallest absolute Gasteiger partial charge is 0.369 e. The summed E-state index contributed by atoms with van der Waals surface area (Å²) in [5, 5.41) is 1.02. The Morgan fingerprint density at radius 1 is 1.47 bits per heavy atom. The minimum absolute atomic E-state index is 0.320. The average Bonchev–Trinajstić information content (AvgIpc) is 2.70. The summed E-state index contributed by atoms with van der Waals surface area (Å²) >= 11 is 0. The topological polar surface area (TPSA) is 69.7 Å². The molecule has 4 N–H and O–H groups in total. The molecule has 0 unspecified atom stereocenters. The molecule has 1 aromatic carbocycles. The zero-order chi connectivity index (χ0) is 10.8. The van der Waals surface area contributed by atoms with Crippen molar-refractivity contribution in [2.75, 3.05) is 7.11 Å². The van der Waals surface area contributed by atoms with Crippen LogP contribution in [0.2, 0.25) is 0 Å². The van der Waals surface area contributed by atoms with Crippen molar-refractivity contribution in [2.45, 2.75) is 6.04 Å². The van der Waals surface area contributed by atoms with Crippen LogP contribution in [0, 0.1) is 0 Å². The molecule has 0 saturated carbocycles. The third-order valence-electron chi connectivity index (χ3n) is 2.48. The number of quaternary nitrogens is 1. The van der Waals surface area contributed by atoms with Crippen LogP contribution in [0.3, 0.4) is 0 Å². The minimum atomic E-state index is -0.480. The number of H-pyrrole nitrogens is 1. The van der Waals surface area contributed by atoms with E-state index in [0.717, 1.165) is 16.5 Å². The molecule has 0 radical (unpaired) electrons. The molecule has 0 aliphatic rings. The van der Waals surface area contributed by atoms with Crippen LogP contribution in [0.15, 0.2) is 30.5 Å². The standard InChI is InChI=1S/C11H12N2O2/c1-15-11(14)10(12)8-6-13-9-5-3-2-4-7(8)9/h2-6,10,13H,12H2,1H3/p+1/t10-/m0/s1. The summed E-state index contributed by atoms with van der Waals surface area (Å²) in [5.41, 5.74) is 5.68. The normalized spacial score (nSPS) is 12.7. The fraction of sp³-hybridized carbons (Fsp3) is 0.182. The van der Waals surface area contributed by atoms with Crippen molar-refractivity contribution in [1.82, 2.24) is 4.98 Å². The van der Waals surface area contributed by atoms with Crippen LogP contribution in [0.4, 0.5) is 0 Å². The Kier molecular flexibility index (Phi) is 2.43. The maximum Gasteiger partial charge on any atom is 0.369 e. The zero-order valence-electron chi connectivity index (χ0n) is 8.49. The molecule has 0 amide bonds. The van der Waals surface area contributed by atoms with E-state index in [9.17, 15) is 4.79 Å². The highest BCUT2D eigenvalue weighted by Crippen LogP contribution is 2.22. The van der Waals surface area contributed by atoms with Gasteiger partial charge in [-0.2, -0.15) is 0 Å². The Labute approximate surface area is 87.0 Å². The Bertz CT molecular complexity index is 490. The number of para-hydroxylation sites is 1. The highest BCUT2D eigenvalue weighted by Gasteiger charge is 2.23. The van der Waals surface area contributed by atoms with Gasteiger partial charge in [0.1, 0.15) is 0 Å². The fourth-order valence-corrected chi connectivity index (χ4v) is 1.65.